The van der Waals surface area contributed by atoms with Crippen molar-refractivity contribution >= 4 is 55.4 Å². The van der Waals surface area contributed by atoms with Crippen LogP contribution in [0.15, 0.2) is 0 Å². The molecule has 3 unspecified atom stereocenters. The molecule has 3 nitrogen and oxygen atoms in total. The molecule has 0 spiro atoms. The summed E-state index contributed by atoms with van der Waals surface area (Å²) in [6.45, 7) is 3.77. The number of ketones is 1. The van der Waals surface area contributed by atoms with Crippen molar-refractivity contribution in [3.63, 3.8) is 0 Å². The number of carbonyl (C=O) groups excluding carboxylic acids is 1. The van der Waals surface area contributed by atoms with Gasteiger partial charge in [-0.15, -0.1) is 11.8 Å². The second kappa shape index (κ2) is 3.23. The highest BCUT2D eigenvalue weighted by molar-refractivity contribution is 9.26. The summed E-state index contributed by atoms with van der Waals surface area (Å²) in [7, 11) is 0. The molecule has 2 fully saturated rings. The smallest absolute Gasteiger partial charge is 0.308 e. The summed E-state index contributed by atoms with van der Waals surface area (Å²) >= 11 is 8.21. The zero-order valence-corrected chi connectivity index (χ0v) is 12.1. The number of aliphatic carboxylic acids is 1. The van der Waals surface area contributed by atoms with E-state index in [0.29, 0.717) is 0 Å². The van der Waals surface area contributed by atoms with Gasteiger partial charge in [0.05, 0.1) is 5.92 Å². The van der Waals surface area contributed by atoms with Crippen LogP contribution in [-0.2, 0) is 9.59 Å². The molecule has 1 N–H and O–H groups in total. The van der Waals surface area contributed by atoms with E-state index in [0.717, 1.165) is 0 Å². The minimum atomic E-state index is -0.871. The van der Waals surface area contributed by atoms with Crippen molar-refractivity contribution in [2.75, 3.05) is 0 Å². The number of carbonyl (C=O) groups is 2. The monoisotopic (exact) mass is 356 g/mol. The van der Waals surface area contributed by atoms with Crippen molar-refractivity contribution < 1.29 is 14.7 Å². The maximum Gasteiger partial charge on any atom is 0.308 e. The lowest BCUT2D eigenvalue weighted by Gasteiger charge is -2.42. The fourth-order valence-corrected chi connectivity index (χ4v) is 5.79. The van der Waals surface area contributed by atoms with Gasteiger partial charge in [0.1, 0.15) is 0 Å². The molecule has 1 aliphatic carbocycles. The maximum absolute atomic E-state index is 11.8. The second-order valence-corrected chi connectivity index (χ2v) is 9.83. The van der Waals surface area contributed by atoms with E-state index >= 15 is 0 Å². The predicted octanol–water partition coefficient (Wildman–Crippen LogP) is 2.27. The molecule has 1 aliphatic heterocycles. The van der Waals surface area contributed by atoms with Crippen LogP contribution in [-0.4, -0.2) is 30.1 Å². The Morgan fingerprint density at radius 1 is 1.47 bits per heavy atom. The van der Waals surface area contributed by atoms with Gasteiger partial charge in [-0.25, -0.2) is 0 Å². The van der Waals surface area contributed by atoms with Crippen LogP contribution in [0.2, 0.25) is 0 Å². The molecule has 0 aromatic rings. The fourth-order valence-electron chi connectivity index (χ4n) is 2.39. The van der Waals surface area contributed by atoms with E-state index in [1.54, 1.807) is 11.8 Å². The predicted molar refractivity (Wildman–Crippen MR) is 65.7 cm³/mol. The molecule has 0 aromatic carbocycles. The number of halogens is 2. The summed E-state index contributed by atoms with van der Waals surface area (Å²) in [5, 5.41) is 9.18. The number of thioether (sulfide) groups is 1. The first kappa shape index (κ1) is 11.9. The summed E-state index contributed by atoms with van der Waals surface area (Å²) in [6, 6.07) is 0. The first-order valence-corrected chi connectivity index (χ1v) is 6.99. The molecular formula is C9H10Br2O3S. The van der Waals surface area contributed by atoms with Crippen LogP contribution in [0.3, 0.4) is 0 Å². The lowest BCUT2D eigenvalue weighted by molar-refractivity contribution is -0.149. The quantitative estimate of drug-likeness (QED) is 0.731. The molecule has 1 saturated carbocycles. The fraction of sp³-hybridized carbons (Fsp3) is 0.778. The van der Waals surface area contributed by atoms with E-state index in [9.17, 15) is 9.59 Å². The zero-order valence-electron chi connectivity index (χ0n) is 8.16. The lowest BCUT2D eigenvalue weighted by Crippen LogP contribution is -2.59. The third-order valence-electron chi connectivity index (χ3n) is 3.12. The number of hydrogen-bond donors (Lipinski definition) is 1. The van der Waals surface area contributed by atoms with Gasteiger partial charge in [-0.3, -0.25) is 9.59 Å². The number of alkyl halides is 2. The normalized spacial score (nSPS) is 40.8. The van der Waals surface area contributed by atoms with Crippen molar-refractivity contribution in [2.24, 2.45) is 11.8 Å². The SMILES string of the molecule is CC1(C)SC2C(C(=O)C2(Br)Br)C1C(=O)O. The Morgan fingerprint density at radius 3 is 2.47 bits per heavy atom. The molecule has 0 bridgehead atoms. The molecular weight excluding hydrogens is 348 g/mol. The third-order valence-corrected chi connectivity index (χ3v) is 7.26. The molecule has 0 radical (unpaired) electrons. The Hall–Kier alpha value is 0.450. The largest absolute Gasteiger partial charge is 0.481 e. The van der Waals surface area contributed by atoms with E-state index in [-0.39, 0.29) is 21.7 Å². The standard InChI is InChI=1S/C9H10Br2O3S/c1-8(2)4(7(13)14)3-5(12)9(10,11)6(3)15-8/h3-4,6H,1-2H3,(H,13,14). The van der Waals surface area contributed by atoms with Gasteiger partial charge in [0.2, 0.25) is 0 Å². The van der Waals surface area contributed by atoms with Gasteiger partial charge in [0.15, 0.2) is 9.02 Å². The highest BCUT2D eigenvalue weighted by atomic mass is 79.9. The molecule has 2 aliphatic rings. The Kier molecular flexibility index (Phi) is 2.57. The molecule has 1 heterocycles. The number of carboxylic acid groups (broad SMARTS) is 1. The topological polar surface area (TPSA) is 54.4 Å². The van der Waals surface area contributed by atoms with Crippen molar-refractivity contribution in [1.29, 1.82) is 0 Å². The summed E-state index contributed by atoms with van der Waals surface area (Å²) < 4.78 is -1.10. The number of carboxylic acids is 1. The number of hydrogen-bond acceptors (Lipinski definition) is 3. The molecule has 0 aromatic heterocycles. The minimum absolute atomic E-state index is 0.0149. The average molecular weight is 358 g/mol. The summed E-state index contributed by atoms with van der Waals surface area (Å²) in [5.74, 6) is -1.86. The molecule has 2 rings (SSSR count). The highest BCUT2D eigenvalue weighted by Crippen LogP contribution is 2.65. The van der Waals surface area contributed by atoms with Crippen LogP contribution in [0.4, 0.5) is 0 Å². The van der Waals surface area contributed by atoms with E-state index in [4.69, 9.17) is 5.11 Å². The van der Waals surface area contributed by atoms with Gasteiger partial charge in [-0.05, 0) is 13.8 Å². The number of Topliss-reactive ketones (excluding diaryl/α,β-unsaturated/α-hetero) is 1. The Labute approximate surface area is 109 Å². The van der Waals surface area contributed by atoms with Gasteiger partial charge in [-0.2, -0.15) is 0 Å². The minimum Gasteiger partial charge on any atom is -0.481 e. The highest BCUT2D eigenvalue weighted by Gasteiger charge is 2.71. The van der Waals surface area contributed by atoms with Crippen LogP contribution in [0.25, 0.3) is 0 Å². The van der Waals surface area contributed by atoms with E-state index in [2.05, 4.69) is 31.9 Å². The first-order chi connectivity index (χ1) is 6.69. The molecule has 3 atom stereocenters. The van der Waals surface area contributed by atoms with Crippen molar-refractivity contribution in [3.8, 4) is 0 Å². The molecule has 0 amide bonds. The third kappa shape index (κ3) is 1.44. The van der Waals surface area contributed by atoms with Crippen molar-refractivity contribution in [1.82, 2.24) is 0 Å². The van der Waals surface area contributed by atoms with Crippen LogP contribution < -0.4 is 0 Å². The number of fused-ring (bicyclic) bond motifs is 1. The average Bonchev–Trinajstić information content (AvgIpc) is 2.35. The Balaban J connectivity index is 2.37. The maximum atomic E-state index is 11.8. The van der Waals surface area contributed by atoms with Crippen molar-refractivity contribution in [3.05, 3.63) is 0 Å². The van der Waals surface area contributed by atoms with Gasteiger partial charge >= 0.3 is 5.97 Å². The molecule has 15 heavy (non-hydrogen) atoms. The zero-order chi connectivity index (χ0) is 11.6. The van der Waals surface area contributed by atoms with Gasteiger partial charge in [0, 0.05) is 15.9 Å². The van der Waals surface area contributed by atoms with Gasteiger partial charge < -0.3 is 5.11 Å². The van der Waals surface area contributed by atoms with Crippen molar-refractivity contribution in [2.45, 2.75) is 27.1 Å². The first-order valence-electron chi connectivity index (χ1n) is 4.52. The van der Waals surface area contributed by atoms with Gasteiger partial charge in [0.25, 0.3) is 0 Å². The van der Waals surface area contributed by atoms with E-state index < -0.39 is 15.1 Å². The van der Waals surface area contributed by atoms with Crippen LogP contribution in [0, 0.1) is 11.8 Å². The Bertz CT molecular complexity index is 353. The molecule has 84 valence electrons. The van der Waals surface area contributed by atoms with Crippen LogP contribution >= 0.6 is 43.6 Å². The lowest BCUT2D eigenvalue weighted by atomic mass is 9.70. The molecule has 6 heteroatoms. The summed E-state index contributed by atoms with van der Waals surface area (Å²) in [5.41, 5.74) is 0. The summed E-state index contributed by atoms with van der Waals surface area (Å²) in [4.78, 5) is 23.0. The Morgan fingerprint density at radius 2 is 2.00 bits per heavy atom. The van der Waals surface area contributed by atoms with Gasteiger partial charge in [-0.1, -0.05) is 31.9 Å². The van der Waals surface area contributed by atoms with Crippen LogP contribution in [0.5, 0.6) is 0 Å². The van der Waals surface area contributed by atoms with Crippen LogP contribution in [0.1, 0.15) is 13.8 Å². The second-order valence-electron chi connectivity index (χ2n) is 4.47. The van der Waals surface area contributed by atoms with E-state index in [1.165, 1.54) is 0 Å². The number of rotatable bonds is 1. The summed E-state index contributed by atoms with van der Waals surface area (Å²) in [6.07, 6.45) is 0. The van der Waals surface area contributed by atoms with E-state index in [1.807, 2.05) is 13.8 Å². The molecule has 1 saturated heterocycles.